The summed E-state index contributed by atoms with van der Waals surface area (Å²) in [5.41, 5.74) is -1.88. The molecule has 5 atom stereocenters. The van der Waals surface area contributed by atoms with Crippen LogP contribution in [0.25, 0.3) is 0 Å². The molecule has 0 heterocycles. The van der Waals surface area contributed by atoms with Gasteiger partial charge in [-0.1, -0.05) is 18.2 Å². The van der Waals surface area contributed by atoms with E-state index in [1.165, 1.54) is 0 Å². The molecular formula is C24H32N2O8. The van der Waals surface area contributed by atoms with Crippen molar-refractivity contribution < 1.29 is 38.1 Å². The number of hydrogen-bond acceptors (Lipinski definition) is 8. The van der Waals surface area contributed by atoms with E-state index >= 15 is 0 Å². The number of carbonyl (C=O) groups excluding carboxylic acids is 4. The van der Waals surface area contributed by atoms with Crippen molar-refractivity contribution in [2.75, 3.05) is 18.5 Å². The van der Waals surface area contributed by atoms with Gasteiger partial charge in [0.1, 0.15) is 17.2 Å². The average Bonchev–Trinajstić information content (AvgIpc) is 3.41. The van der Waals surface area contributed by atoms with Gasteiger partial charge in [-0.2, -0.15) is 0 Å². The molecule has 3 rings (SSSR count). The van der Waals surface area contributed by atoms with Crippen LogP contribution >= 0.6 is 0 Å². The fourth-order valence-corrected chi connectivity index (χ4v) is 4.64. The van der Waals surface area contributed by atoms with E-state index in [1.54, 1.807) is 58.9 Å². The monoisotopic (exact) mass is 476 g/mol. The summed E-state index contributed by atoms with van der Waals surface area (Å²) in [7, 11) is 0. The van der Waals surface area contributed by atoms with Gasteiger partial charge in [-0.3, -0.25) is 10.1 Å². The number of anilines is 1. The number of amides is 2. The van der Waals surface area contributed by atoms with Gasteiger partial charge in [-0.05, 0) is 46.8 Å². The maximum atomic E-state index is 13.2. The van der Waals surface area contributed by atoms with Crippen molar-refractivity contribution >= 4 is 29.8 Å². The maximum absolute atomic E-state index is 13.2. The Labute approximate surface area is 198 Å². The Balaban J connectivity index is 1.86. The second kappa shape index (κ2) is 9.90. The van der Waals surface area contributed by atoms with Gasteiger partial charge >= 0.3 is 24.1 Å². The summed E-state index contributed by atoms with van der Waals surface area (Å²) in [6.07, 6.45) is -2.45. The van der Waals surface area contributed by atoms with Crippen molar-refractivity contribution in [2.45, 2.75) is 58.3 Å². The molecule has 1 aromatic rings. The SMILES string of the molecule is CCOC(=O)C1C2C(OC(=O)Nc3ccccc3)CC(NC(=O)OC(C)(C)C)(C(=O)OCC)C12. The Morgan fingerprint density at radius 2 is 1.65 bits per heavy atom. The predicted molar refractivity (Wildman–Crippen MR) is 121 cm³/mol. The molecule has 2 aliphatic rings. The standard InChI is InChI=1S/C24H32N2O8/c1-6-31-19(27)17-16-15(33-21(29)25-14-11-9-8-10-12-14)13-24(18(16)17,20(28)32-7-2)26-22(30)34-23(3,4)5/h8-12,15-18H,6-7,13H2,1-5H3,(H,25,29)(H,26,30). The minimum atomic E-state index is -1.60. The molecule has 0 radical (unpaired) electrons. The molecule has 186 valence electrons. The van der Waals surface area contributed by atoms with Crippen molar-refractivity contribution in [3.8, 4) is 0 Å². The third-order valence-electron chi connectivity index (χ3n) is 5.80. The quantitative estimate of drug-likeness (QED) is 0.453. The highest BCUT2D eigenvalue weighted by Crippen LogP contribution is 2.64. The Hall–Kier alpha value is -3.30. The number of nitrogens with one attached hydrogen (secondary N) is 2. The van der Waals surface area contributed by atoms with E-state index in [0.717, 1.165) is 0 Å². The number of alkyl carbamates (subject to hydrolysis) is 1. The van der Waals surface area contributed by atoms with Crippen molar-refractivity contribution in [1.29, 1.82) is 0 Å². The molecule has 0 bridgehead atoms. The normalized spacial score (nSPS) is 27.1. The van der Waals surface area contributed by atoms with E-state index in [1.807, 2.05) is 6.07 Å². The fourth-order valence-electron chi connectivity index (χ4n) is 4.64. The lowest BCUT2D eigenvalue weighted by molar-refractivity contribution is -0.154. The highest BCUT2D eigenvalue weighted by atomic mass is 16.6. The second-order valence-electron chi connectivity index (χ2n) is 9.34. The van der Waals surface area contributed by atoms with E-state index in [9.17, 15) is 19.2 Å². The van der Waals surface area contributed by atoms with Crippen LogP contribution < -0.4 is 10.6 Å². The van der Waals surface area contributed by atoms with Gasteiger partial charge in [0.25, 0.3) is 0 Å². The Bertz CT molecular complexity index is 929. The number of carbonyl (C=O) groups is 4. The molecule has 0 aromatic heterocycles. The summed E-state index contributed by atoms with van der Waals surface area (Å²) in [5.74, 6) is -3.14. The number of hydrogen-bond donors (Lipinski definition) is 2. The van der Waals surface area contributed by atoms with Crippen LogP contribution in [-0.2, 0) is 28.5 Å². The smallest absolute Gasteiger partial charge is 0.411 e. The van der Waals surface area contributed by atoms with Gasteiger partial charge in [-0.15, -0.1) is 0 Å². The van der Waals surface area contributed by atoms with Crippen LogP contribution in [0, 0.1) is 17.8 Å². The first kappa shape index (κ1) is 25.3. The number of ether oxygens (including phenoxy) is 4. The van der Waals surface area contributed by atoms with Crippen LogP contribution in [0.4, 0.5) is 15.3 Å². The highest BCUT2D eigenvalue weighted by Gasteiger charge is 2.77. The maximum Gasteiger partial charge on any atom is 0.411 e. The molecule has 1 aromatic carbocycles. The molecule has 34 heavy (non-hydrogen) atoms. The van der Waals surface area contributed by atoms with Crippen molar-refractivity contribution in [1.82, 2.24) is 5.32 Å². The van der Waals surface area contributed by atoms with Crippen LogP contribution in [0.3, 0.4) is 0 Å². The zero-order valence-corrected chi connectivity index (χ0v) is 20.1. The predicted octanol–water partition coefficient (Wildman–Crippen LogP) is 3.26. The van der Waals surface area contributed by atoms with E-state index in [4.69, 9.17) is 18.9 Å². The van der Waals surface area contributed by atoms with Crippen LogP contribution in [0.5, 0.6) is 0 Å². The summed E-state index contributed by atoms with van der Waals surface area (Å²) < 4.78 is 21.5. The van der Waals surface area contributed by atoms with E-state index < -0.39 is 59.1 Å². The van der Waals surface area contributed by atoms with Crippen LogP contribution in [0.2, 0.25) is 0 Å². The lowest BCUT2D eigenvalue weighted by Gasteiger charge is -2.33. The number of fused-ring (bicyclic) bond motifs is 1. The molecule has 2 saturated carbocycles. The van der Waals surface area contributed by atoms with Crippen LogP contribution in [-0.4, -0.2) is 54.6 Å². The summed E-state index contributed by atoms with van der Waals surface area (Å²) in [6, 6.07) is 8.72. The van der Waals surface area contributed by atoms with Gasteiger partial charge in [0.15, 0.2) is 0 Å². The van der Waals surface area contributed by atoms with Gasteiger partial charge in [0.2, 0.25) is 0 Å². The Morgan fingerprint density at radius 1 is 1.00 bits per heavy atom. The summed E-state index contributed by atoms with van der Waals surface area (Å²) in [4.78, 5) is 51.1. The molecule has 0 aliphatic heterocycles. The molecule has 2 amide bonds. The number of esters is 2. The van der Waals surface area contributed by atoms with E-state index in [-0.39, 0.29) is 19.6 Å². The first-order chi connectivity index (χ1) is 16.0. The molecule has 0 saturated heterocycles. The molecule has 10 nitrogen and oxygen atoms in total. The third kappa shape index (κ3) is 5.43. The van der Waals surface area contributed by atoms with E-state index in [2.05, 4.69) is 10.6 Å². The zero-order chi connectivity index (χ0) is 25.1. The topological polar surface area (TPSA) is 129 Å². The third-order valence-corrected chi connectivity index (χ3v) is 5.80. The molecule has 5 unspecified atom stereocenters. The Morgan fingerprint density at radius 3 is 2.24 bits per heavy atom. The zero-order valence-electron chi connectivity index (χ0n) is 20.1. The van der Waals surface area contributed by atoms with Crippen LogP contribution in [0.15, 0.2) is 30.3 Å². The molecule has 10 heteroatoms. The number of para-hydroxylation sites is 1. The summed E-state index contributed by atoms with van der Waals surface area (Å²) in [6.45, 7) is 8.62. The second-order valence-corrected chi connectivity index (χ2v) is 9.34. The van der Waals surface area contributed by atoms with Crippen molar-refractivity contribution in [2.24, 2.45) is 17.8 Å². The molecule has 0 spiro atoms. The summed E-state index contributed by atoms with van der Waals surface area (Å²) in [5, 5.41) is 5.27. The minimum Gasteiger partial charge on any atom is -0.466 e. The van der Waals surface area contributed by atoms with Gasteiger partial charge in [0.05, 0.1) is 19.1 Å². The molecule has 2 fully saturated rings. The van der Waals surface area contributed by atoms with E-state index in [0.29, 0.717) is 5.69 Å². The molecule has 2 aliphatic carbocycles. The molecule has 2 N–H and O–H groups in total. The van der Waals surface area contributed by atoms with Gasteiger partial charge < -0.3 is 24.3 Å². The first-order valence-corrected chi connectivity index (χ1v) is 11.4. The lowest BCUT2D eigenvalue weighted by Crippen LogP contribution is -2.58. The minimum absolute atomic E-state index is 0.0570. The highest BCUT2D eigenvalue weighted by molar-refractivity contribution is 5.91. The number of benzene rings is 1. The summed E-state index contributed by atoms with van der Waals surface area (Å²) >= 11 is 0. The van der Waals surface area contributed by atoms with Crippen LogP contribution in [0.1, 0.15) is 41.0 Å². The number of rotatable bonds is 7. The fraction of sp³-hybridized carbons (Fsp3) is 0.583. The Kier molecular flexibility index (Phi) is 7.38. The van der Waals surface area contributed by atoms with Crippen molar-refractivity contribution in [3.05, 3.63) is 30.3 Å². The van der Waals surface area contributed by atoms with Gasteiger partial charge in [0, 0.05) is 23.9 Å². The first-order valence-electron chi connectivity index (χ1n) is 11.4. The largest absolute Gasteiger partial charge is 0.466 e. The lowest BCUT2D eigenvalue weighted by atomic mass is 9.89. The molecular weight excluding hydrogens is 444 g/mol. The van der Waals surface area contributed by atoms with Crippen molar-refractivity contribution in [3.63, 3.8) is 0 Å². The van der Waals surface area contributed by atoms with Gasteiger partial charge in [-0.25, -0.2) is 14.4 Å². The average molecular weight is 477 g/mol.